The molecule has 114 valence electrons. The van der Waals surface area contributed by atoms with Crippen molar-refractivity contribution in [1.29, 1.82) is 0 Å². The zero-order chi connectivity index (χ0) is 14.8. The summed E-state index contributed by atoms with van der Waals surface area (Å²) in [5, 5.41) is 6.59. The molecule has 1 aromatic rings. The zero-order valence-corrected chi connectivity index (χ0v) is 12.8. The molecule has 0 aromatic heterocycles. The summed E-state index contributed by atoms with van der Waals surface area (Å²) in [4.78, 5) is 12.6. The Morgan fingerprint density at radius 3 is 3.00 bits per heavy atom. The second-order valence-electron chi connectivity index (χ2n) is 6.25. The summed E-state index contributed by atoms with van der Waals surface area (Å²) < 4.78 is 5.66. The topological polar surface area (TPSA) is 50.4 Å². The number of benzene rings is 1. The number of nitrogens with one attached hydrogen (secondary N) is 2. The maximum Gasteiger partial charge on any atom is 0.225 e. The minimum absolute atomic E-state index is 0.0243. The Morgan fingerprint density at radius 1 is 1.43 bits per heavy atom. The van der Waals surface area contributed by atoms with Gasteiger partial charge in [-0.2, -0.15) is 0 Å². The molecule has 2 aliphatic heterocycles. The number of hydrogen-bond donors (Lipinski definition) is 2. The van der Waals surface area contributed by atoms with Crippen molar-refractivity contribution in [3.8, 4) is 0 Å². The molecule has 0 aliphatic carbocycles. The van der Waals surface area contributed by atoms with Crippen molar-refractivity contribution in [3.63, 3.8) is 0 Å². The summed E-state index contributed by atoms with van der Waals surface area (Å²) in [6.45, 7) is 4.94. The molecule has 1 amide bonds. The van der Waals surface area contributed by atoms with E-state index in [1.165, 1.54) is 5.56 Å². The molecule has 1 aromatic carbocycles. The molecule has 4 heteroatoms. The van der Waals surface area contributed by atoms with Gasteiger partial charge in [0, 0.05) is 18.3 Å². The summed E-state index contributed by atoms with van der Waals surface area (Å²) in [7, 11) is 0. The van der Waals surface area contributed by atoms with Crippen LogP contribution >= 0.6 is 0 Å². The molecule has 2 N–H and O–H groups in total. The normalized spacial score (nSPS) is 29.3. The van der Waals surface area contributed by atoms with Crippen LogP contribution in [0.1, 0.15) is 32.3 Å². The highest BCUT2D eigenvalue weighted by atomic mass is 16.5. The Hall–Kier alpha value is -1.55. The maximum absolute atomic E-state index is 12.6. The Balaban J connectivity index is 1.64. The predicted octanol–water partition coefficient (Wildman–Crippen LogP) is 2.34. The number of carbonyl (C=O) groups is 1. The van der Waals surface area contributed by atoms with Crippen LogP contribution in [-0.2, 0) is 16.0 Å². The number of ether oxygens (including phenoxy) is 1. The van der Waals surface area contributed by atoms with Gasteiger partial charge in [0.05, 0.1) is 18.1 Å². The fraction of sp³-hybridized carbons (Fsp3) is 0.588. The van der Waals surface area contributed by atoms with Crippen molar-refractivity contribution in [3.05, 3.63) is 29.8 Å². The van der Waals surface area contributed by atoms with Crippen LogP contribution in [0.3, 0.4) is 0 Å². The van der Waals surface area contributed by atoms with Gasteiger partial charge < -0.3 is 15.4 Å². The molecule has 0 spiro atoms. The van der Waals surface area contributed by atoms with Crippen LogP contribution in [0.5, 0.6) is 0 Å². The first kappa shape index (κ1) is 14.4. The molecule has 0 saturated carbocycles. The third kappa shape index (κ3) is 3.05. The zero-order valence-electron chi connectivity index (χ0n) is 12.8. The molecule has 2 aliphatic rings. The van der Waals surface area contributed by atoms with Gasteiger partial charge in [-0.05, 0) is 44.7 Å². The highest BCUT2D eigenvalue weighted by Crippen LogP contribution is 2.28. The molecule has 4 unspecified atom stereocenters. The van der Waals surface area contributed by atoms with Gasteiger partial charge in [0.25, 0.3) is 0 Å². The standard InChI is InChI=1S/C17H24N2O2/c1-11-14(10-13-6-3-4-7-15(13)18-11)17(20)19-12(2)16-8-5-9-21-16/h3-4,6-7,11-12,14,16,18H,5,8-10H2,1-2H3,(H,19,20). The molecular formula is C17H24N2O2. The van der Waals surface area contributed by atoms with E-state index in [1.807, 2.05) is 19.1 Å². The predicted molar refractivity (Wildman–Crippen MR) is 83.3 cm³/mol. The largest absolute Gasteiger partial charge is 0.382 e. The van der Waals surface area contributed by atoms with Crippen LogP contribution < -0.4 is 10.6 Å². The quantitative estimate of drug-likeness (QED) is 0.897. The average molecular weight is 288 g/mol. The van der Waals surface area contributed by atoms with Crippen molar-refractivity contribution in [2.75, 3.05) is 11.9 Å². The number of rotatable bonds is 3. The SMILES string of the molecule is CC(NC(=O)C1Cc2ccccc2NC1C)C1CCCO1. The van der Waals surface area contributed by atoms with Crippen LogP contribution in [0, 0.1) is 5.92 Å². The van der Waals surface area contributed by atoms with Crippen LogP contribution in [-0.4, -0.2) is 30.7 Å². The molecular weight excluding hydrogens is 264 g/mol. The van der Waals surface area contributed by atoms with E-state index in [1.54, 1.807) is 0 Å². The van der Waals surface area contributed by atoms with E-state index in [0.29, 0.717) is 0 Å². The van der Waals surface area contributed by atoms with E-state index in [-0.39, 0.29) is 30.0 Å². The van der Waals surface area contributed by atoms with E-state index in [0.717, 1.165) is 31.6 Å². The maximum atomic E-state index is 12.6. The van der Waals surface area contributed by atoms with Gasteiger partial charge in [0.15, 0.2) is 0 Å². The van der Waals surface area contributed by atoms with Gasteiger partial charge in [0.2, 0.25) is 5.91 Å². The molecule has 4 atom stereocenters. The fourth-order valence-electron chi connectivity index (χ4n) is 3.34. The third-order valence-electron chi connectivity index (χ3n) is 4.67. The third-order valence-corrected chi connectivity index (χ3v) is 4.67. The minimum atomic E-state index is -0.0243. The summed E-state index contributed by atoms with van der Waals surface area (Å²) in [5.74, 6) is 0.108. The lowest BCUT2D eigenvalue weighted by molar-refractivity contribution is -0.126. The van der Waals surface area contributed by atoms with Crippen LogP contribution in [0.2, 0.25) is 0 Å². The molecule has 1 fully saturated rings. The molecule has 2 heterocycles. The van der Waals surface area contributed by atoms with E-state index >= 15 is 0 Å². The van der Waals surface area contributed by atoms with Crippen molar-refractivity contribution >= 4 is 11.6 Å². The molecule has 0 radical (unpaired) electrons. The van der Waals surface area contributed by atoms with Crippen molar-refractivity contribution in [2.45, 2.75) is 51.3 Å². The lowest BCUT2D eigenvalue weighted by Crippen LogP contribution is -2.49. The van der Waals surface area contributed by atoms with E-state index in [9.17, 15) is 4.79 Å². The number of hydrogen-bond acceptors (Lipinski definition) is 3. The number of anilines is 1. The summed E-state index contributed by atoms with van der Waals surface area (Å²) in [5.41, 5.74) is 2.38. The smallest absolute Gasteiger partial charge is 0.225 e. The van der Waals surface area contributed by atoms with E-state index < -0.39 is 0 Å². The van der Waals surface area contributed by atoms with Gasteiger partial charge in [0.1, 0.15) is 0 Å². The number of carbonyl (C=O) groups excluding carboxylic acids is 1. The molecule has 4 nitrogen and oxygen atoms in total. The van der Waals surface area contributed by atoms with Crippen LogP contribution in [0.4, 0.5) is 5.69 Å². The second kappa shape index (κ2) is 6.06. The Morgan fingerprint density at radius 2 is 2.24 bits per heavy atom. The van der Waals surface area contributed by atoms with Gasteiger partial charge in [-0.1, -0.05) is 18.2 Å². The summed E-state index contributed by atoms with van der Waals surface area (Å²) >= 11 is 0. The minimum Gasteiger partial charge on any atom is -0.382 e. The number of amides is 1. The second-order valence-corrected chi connectivity index (χ2v) is 6.25. The van der Waals surface area contributed by atoms with Gasteiger partial charge in [-0.25, -0.2) is 0 Å². The van der Waals surface area contributed by atoms with Crippen molar-refractivity contribution < 1.29 is 9.53 Å². The van der Waals surface area contributed by atoms with Crippen molar-refractivity contribution in [1.82, 2.24) is 5.32 Å². The van der Waals surface area contributed by atoms with Crippen LogP contribution in [0.25, 0.3) is 0 Å². The number of fused-ring (bicyclic) bond motifs is 1. The van der Waals surface area contributed by atoms with Crippen LogP contribution in [0.15, 0.2) is 24.3 Å². The Labute approximate surface area is 126 Å². The molecule has 3 rings (SSSR count). The van der Waals surface area contributed by atoms with E-state index in [4.69, 9.17) is 4.74 Å². The monoisotopic (exact) mass is 288 g/mol. The highest BCUT2D eigenvalue weighted by Gasteiger charge is 2.32. The van der Waals surface area contributed by atoms with E-state index in [2.05, 4.69) is 29.7 Å². The molecule has 0 bridgehead atoms. The van der Waals surface area contributed by atoms with Gasteiger partial charge >= 0.3 is 0 Å². The first-order valence-corrected chi connectivity index (χ1v) is 7.91. The van der Waals surface area contributed by atoms with Gasteiger partial charge in [-0.15, -0.1) is 0 Å². The van der Waals surface area contributed by atoms with Gasteiger partial charge in [-0.3, -0.25) is 4.79 Å². The first-order valence-electron chi connectivity index (χ1n) is 7.91. The molecule has 21 heavy (non-hydrogen) atoms. The fourth-order valence-corrected chi connectivity index (χ4v) is 3.34. The average Bonchev–Trinajstić information content (AvgIpc) is 3.00. The highest BCUT2D eigenvalue weighted by molar-refractivity contribution is 5.81. The lowest BCUT2D eigenvalue weighted by atomic mass is 9.87. The molecule has 1 saturated heterocycles. The lowest BCUT2D eigenvalue weighted by Gasteiger charge is -2.33. The first-order chi connectivity index (χ1) is 10.1. The summed E-state index contributed by atoms with van der Waals surface area (Å²) in [6, 6.07) is 8.47. The Kier molecular flexibility index (Phi) is 4.15. The number of para-hydroxylation sites is 1. The Bertz CT molecular complexity index is 511. The van der Waals surface area contributed by atoms with Crippen molar-refractivity contribution in [2.24, 2.45) is 5.92 Å². The summed E-state index contributed by atoms with van der Waals surface area (Å²) in [6.07, 6.45) is 3.12.